The van der Waals surface area contributed by atoms with Gasteiger partial charge in [0.15, 0.2) is 34.8 Å². The lowest BCUT2D eigenvalue weighted by Gasteiger charge is -2.31. The van der Waals surface area contributed by atoms with Gasteiger partial charge >= 0.3 is 5.97 Å². The lowest BCUT2D eigenvalue weighted by Crippen LogP contribution is -2.55. The van der Waals surface area contributed by atoms with Crippen LogP contribution in [0.15, 0.2) is 126 Å². The minimum absolute atomic E-state index is 0.00287. The minimum atomic E-state index is -2.17. The standard InChI is InChI=1S/C60H49N7O20/c1-23-37(71)16-28-18-39(23)87-40-17-27(8-14-36(40)70)47(67-83)57(79)66-49-51(73)24-3-9-31(10-4-24)85-41-19-29-20-42(53(41)75)86-32-11-5-25(6-12-32)52(74)50-59(81)64-48(60(82)84-2)34-21-30(68)22-38(72)43(34)33-15-26(7-13-35(33)69)44(54(76)65-50)61-56(78)46(29)62-55(77)45(28)63-58(49)80/h3-22,44-46,48-52,68-75,83H,1-2H3,(H,61,78)(H,62,77)(H,63,80)(H,64,81)(H,65,76)(H,66,79)/b67-47+/t44-,45+,46-,48+,49-,50?,51-,52?/m1/s1. The van der Waals surface area contributed by atoms with E-state index in [4.69, 9.17) is 18.9 Å². The van der Waals surface area contributed by atoms with Gasteiger partial charge in [-0.05, 0) is 120 Å². The Bertz CT molecular complexity index is 4080. The number of hydrogen-bond donors (Lipinski definition) is 15. The fourth-order valence-corrected chi connectivity index (χ4v) is 10.4. The number of nitrogens with zero attached hydrogens (tertiary/aromatic N) is 1. The maximum Gasteiger partial charge on any atom is 0.333 e. The van der Waals surface area contributed by atoms with Crippen LogP contribution in [0, 0.1) is 6.92 Å². The topological polar surface area (TPSA) is 423 Å². The first-order chi connectivity index (χ1) is 41.6. The molecule has 27 nitrogen and oxygen atoms in total. The van der Waals surface area contributed by atoms with Gasteiger partial charge in [0.2, 0.25) is 35.3 Å². The van der Waals surface area contributed by atoms with Gasteiger partial charge in [-0.1, -0.05) is 35.5 Å². The molecular weight excluding hydrogens is 1140 g/mol. The molecule has 27 heteroatoms. The normalized spacial score (nSPS) is 22.2. The highest BCUT2D eigenvalue weighted by atomic mass is 16.5. The average Bonchev–Trinajstić information content (AvgIpc) is 1.55. The molecule has 15 N–H and O–H groups in total. The number of benzene rings is 7. The van der Waals surface area contributed by atoms with E-state index in [2.05, 4.69) is 37.1 Å². The van der Waals surface area contributed by atoms with Gasteiger partial charge in [-0.2, -0.15) is 0 Å². The van der Waals surface area contributed by atoms with Crippen molar-refractivity contribution in [2.24, 2.45) is 5.16 Å². The zero-order valence-electron chi connectivity index (χ0n) is 45.1. The number of phenols is 6. The maximum atomic E-state index is 15.7. The number of aliphatic hydroxyl groups excluding tert-OH is 2. The largest absolute Gasteiger partial charge is 0.508 e. The molecule has 0 saturated carbocycles. The average molecular weight is 1190 g/mol. The highest BCUT2D eigenvalue weighted by Gasteiger charge is 2.42. The number of carbonyl (C=O) groups is 7. The summed E-state index contributed by atoms with van der Waals surface area (Å²) >= 11 is 0. The Labute approximate surface area is 489 Å². The first kappa shape index (κ1) is 57.2. The van der Waals surface area contributed by atoms with Crippen molar-refractivity contribution in [1.82, 2.24) is 31.9 Å². The second-order valence-electron chi connectivity index (χ2n) is 20.4. The predicted octanol–water partition coefficient (Wildman–Crippen LogP) is 3.74. The highest BCUT2D eigenvalue weighted by Crippen LogP contribution is 2.47. The fourth-order valence-electron chi connectivity index (χ4n) is 10.4. The molecule has 0 radical (unpaired) electrons. The predicted molar refractivity (Wildman–Crippen MR) is 297 cm³/mol. The molecule has 17 bridgehead atoms. The van der Waals surface area contributed by atoms with Crippen molar-refractivity contribution < 1.29 is 98.6 Å². The Balaban J connectivity index is 1.14. The van der Waals surface area contributed by atoms with Crippen LogP contribution in [0.5, 0.6) is 69.0 Å². The van der Waals surface area contributed by atoms with Crippen LogP contribution in [-0.4, -0.2) is 112 Å². The second-order valence-corrected chi connectivity index (χ2v) is 20.4. The number of ether oxygens (including phenoxy) is 4. The van der Waals surface area contributed by atoms with E-state index < -0.39 is 147 Å². The van der Waals surface area contributed by atoms with Gasteiger partial charge in [0, 0.05) is 33.9 Å². The van der Waals surface area contributed by atoms with Crippen molar-refractivity contribution >= 4 is 47.1 Å². The maximum absolute atomic E-state index is 15.7. The van der Waals surface area contributed by atoms with Gasteiger partial charge in [-0.25, -0.2) is 4.79 Å². The van der Waals surface area contributed by atoms with Gasteiger partial charge < -0.3 is 96.9 Å². The van der Waals surface area contributed by atoms with E-state index in [1.54, 1.807) is 0 Å². The molecule has 0 aliphatic carbocycles. The third-order valence-corrected chi connectivity index (χ3v) is 15.0. The van der Waals surface area contributed by atoms with Crippen LogP contribution in [0.2, 0.25) is 0 Å². The van der Waals surface area contributed by atoms with Crippen LogP contribution in [0.4, 0.5) is 0 Å². The first-order valence-corrected chi connectivity index (χ1v) is 26.2. The number of phenolic OH excluding ortho intramolecular Hbond substituents is 6. The molecule has 0 fully saturated rings. The Morgan fingerprint density at radius 1 is 0.494 bits per heavy atom. The number of amides is 6. The zero-order valence-corrected chi connectivity index (χ0v) is 45.1. The summed E-state index contributed by atoms with van der Waals surface area (Å²) in [4.78, 5) is 104. The number of carbonyl (C=O) groups excluding carboxylic acids is 7. The van der Waals surface area contributed by atoms with Crippen LogP contribution in [0.1, 0.15) is 80.9 Å². The van der Waals surface area contributed by atoms with Crippen LogP contribution < -0.4 is 46.1 Å². The molecule has 7 aromatic carbocycles. The molecular formula is C60H49N7O20. The van der Waals surface area contributed by atoms with E-state index in [1.807, 2.05) is 0 Å². The molecule has 0 spiro atoms. The number of aliphatic hydroxyl groups is 2. The van der Waals surface area contributed by atoms with E-state index in [0.29, 0.717) is 0 Å². The SMILES string of the molecule is COC(=O)[C@H]1NC(=O)C2NC(=O)[C@H](NC(=O)[C@@H]3NC(=O)[C@H]4NC(=O)[C@H](NC(=O)/C(=N/O)c5ccc(O)c(c5)Oc5cc4cc(O)c5C)[C@H](O)c4ccc(cc4)Oc4cc3cc(c4O)Oc3ccc(cc3)C2O)c2ccc(O)c(c2)-c2c(O)cc(O)cc21. The minimum Gasteiger partial charge on any atom is -0.508 e. The lowest BCUT2D eigenvalue weighted by molar-refractivity contribution is -0.146. The highest BCUT2D eigenvalue weighted by molar-refractivity contribution is 6.45. The summed E-state index contributed by atoms with van der Waals surface area (Å²) in [5.41, 5.74) is -3.00. The first-order valence-electron chi connectivity index (χ1n) is 26.2. The van der Waals surface area contributed by atoms with Crippen LogP contribution in [0.3, 0.4) is 0 Å². The summed E-state index contributed by atoms with van der Waals surface area (Å²) in [6.07, 6.45) is -4.02. The van der Waals surface area contributed by atoms with Crippen molar-refractivity contribution in [1.29, 1.82) is 0 Å². The summed E-state index contributed by atoms with van der Waals surface area (Å²) < 4.78 is 23.5. The summed E-state index contributed by atoms with van der Waals surface area (Å²) in [6.45, 7) is 1.39. The number of esters is 1. The lowest BCUT2D eigenvalue weighted by atomic mass is 9.89. The fraction of sp³-hybridized carbons (Fsp3) is 0.167. The van der Waals surface area contributed by atoms with Crippen LogP contribution in [0.25, 0.3) is 11.1 Å². The second kappa shape index (κ2) is 22.5. The number of methoxy groups -OCH3 is 1. The summed E-state index contributed by atoms with van der Waals surface area (Å²) in [7, 11) is 0.969. The van der Waals surface area contributed by atoms with Crippen LogP contribution >= 0.6 is 0 Å². The van der Waals surface area contributed by atoms with Gasteiger partial charge in [-0.15, -0.1) is 0 Å². The third-order valence-electron chi connectivity index (χ3n) is 15.0. The van der Waals surface area contributed by atoms with Crippen molar-refractivity contribution in [3.63, 3.8) is 0 Å². The number of oxime groups is 1. The van der Waals surface area contributed by atoms with Gasteiger partial charge in [0.1, 0.15) is 82.7 Å². The molecule has 444 valence electrons. The number of fused-ring (bicyclic) bond motifs is 14. The van der Waals surface area contributed by atoms with Gasteiger partial charge in [0.25, 0.3) is 5.91 Å². The monoisotopic (exact) mass is 1190 g/mol. The molecule has 6 aliphatic heterocycles. The smallest absolute Gasteiger partial charge is 0.333 e. The molecule has 87 heavy (non-hydrogen) atoms. The Morgan fingerprint density at radius 2 is 1.01 bits per heavy atom. The Kier molecular flexibility index (Phi) is 14.8. The van der Waals surface area contributed by atoms with E-state index in [1.165, 1.54) is 67.6 Å². The van der Waals surface area contributed by atoms with Gasteiger partial charge in [-0.3, -0.25) is 28.8 Å². The molecule has 13 rings (SSSR count). The van der Waals surface area contributed by atoms with E-state index in [-0.39, 0.29) is 73.1 Å². The number of hydrogen-bond acceptors (Lipinski definition) is 21. The molecule has 0 saturated heterocycles. The molecule has 0 aromatic heterocycles. The quantitative estimate of drug-likeness (QED) is 0.0632. The van der Waals surface area contributed by atoms with E-state index in [0.717, 1.165) is 67.8 Å². The van der Waals surface area contributed by atoms with E-state index >= 15 is 14.4 Å². The zero-order chi connectivity index (χ0) is 61.9. The molecule has 6 aliphatic rings. The molecule has 6 amide bonds. The summed E-state index contributed by atoms with van der Waals surface area (Å²) in [5, 5.41) is 121. The summed E-state index contributed by atoms with van der Waals surface area (Å²) in [6, 6.07) is 10.7. The van der Waals surface area contributed by atoms with Crippen molar-refractivity contribution in [3.05, 3.63) is 166 Å². The molecule has 8 atom stereocenters. The van der Waals surface area contributed by atoms with Crippen LogP contribution in [-0.2, 0) is 38.3 Å². The Morgan fingerprint density at radius 3 is 1.61 bits per heavy atom. The Hall–Kier alpha value is -11.6. The molecule has 6 heterocycles. The summed E-state index contributed by atoms with van der Waals surface area (Å²) in [5.74, 6) is -14.5. The number of nitrogens with one attached hydrogen (secondary N) is 6. The van der Waals surface area contributed by atoms with Gasteiger partial charge in [0.05, 0.1) is 7.11 Å². The molecule has 2 unspecified atom stereocenters. The third kappa shape index (κ3) is 10.8. The molecule has 7 aromatic rings. The van der Waals surface area contributed by atoms with Crippen molar-refractivity contribution in [2.75, 3.05) is 7.11 Å². The van der Waals surface area contributed by atoms with Crippen molar-refractivity contribution in [3.8, 4) is 80.1 Å². The number of rotatable bonds is 1. The number of aromatic hydroxyl groups is 6. The van der Waals surface area contributed by atoms with Crippen molar-refractivity contribution in [2.45, 2.75) is 55.4 Å². The van der Waals surface area contributed by atoms with E-state index in [9.17, 15) is 65.2 Å².